The quantitative estimate of drug-likeness (QED) is 0.607. The van der Waals surface area contributed by atoms with Gasteiger partial charge >= 0.3 is 0 Å². The predicted octanol–water partition coefficient (Wildman–Crippen LogP) is 1.36. The molecule has 0 bridgehead atoms. The van der Waals surface area contributed by atoms with Crippen molar-refractivity contribution in [3.8, 4) is 0 Å². The first-order chi connectivity index (χ1) is 6.24. The average Bonchev–Trinajstić information content (AvgIpc) is 2.45. The van der Waals surface area contributed by atoms with Crippen LogP contribution in [0.4, 0.5) is 0 Å². The van der Waals surface area contributed by atoms with Crippen LogP contribution < -0.4 is 0 Å². The molecule has 1 aliphatic rings. The summed E-state index contributed by atoms with van der Waals surface area (Å²) in [6.45, 7) is 0. The number of aromatic nitrogens is 1. The monoisotopic (exact) mass is 177 g/mol. The fraction of sp³-hybridized carbons (Fsp3) is 0.400. The molecule has 0 saturated carbocycles. The van der Waals surface area contributed by atoms with Gasteiger partial charge in [-0.1, -0.05) is 0 Å². The first-order valence-corrected chi connectivity index (χ1v) is 4.41. The Morgan fingerprint density at radius 1 is 1.46 bits per heavy atom. The standard InChI is InChI=1S/C10H11NO2/c1-11-7(6-12)5-8-9(11)3-2-4-10(8)13/h5-6H,2-4H2,1H3. The molecule has 0 aromatic carbocycles. The number of aldehydes is 1. The van der Waals surface area contributed by atoms with Crippen LogP contribution in [0.15, 0.2) is 6.07 Å². The number of Topliss-reactive ketones (excluding diaryl/α,β-unsaturated/α-hetero) is 1. The van der Waals surface area contributed by atoms with E-state index in [4.69, 9.17) is 0 Å². The van der Waals surface area contributed by atoms with E-state index in [1.807, 2.05) is 11.6 Å². The molecule has 0 saturated heterocycles. The van der Waals surface area contributed by atoms with E-state index in [1.54, 1.807) is 6.07 Å². The van der Waals surface area contributed by atoms with Gasteiger partial charge < -0.3 is 4.57 Å². The molecule has 0 radical (unpaired) electrons. The highest BCUT2D eigenvalue weighted by atomic mass is 16.1. The van der Waals surface area contributed by atoms with Gasteiger partial charge in [-0.15, -0.1) is 0 Å². The van der Waals surface area contributed by atoms with Crippen molar-refractivity contribution in [2.75, 3.05) is 0 Å². The van der Waals surface area contributed by atoms with Gasteiger partial charge in [0.1, 0.15) is 0 Å². The topological polar surface area (TPSA) is 39.1 Å². The smallest absolute Gasteiger partial charge is 0.166 e. The van der Waals surface area contributed by atoms with Crippen LogP contribution in [0.5, 0.6) is 0 Å². The second-order valence-electron chi connectivity index (χ2n) is 3.38. The van der Waals surface area contributed by atoms with Crippen molar-refractivity contribution in [2.45, 2.75) is 19.3 Å². The largest absolute Gasteiger partial charge is 0.345 e. The Hall–Kier alpha value is -1.38. The summed E-state index contributed by atoms with van der Waals surface area (Å²) >= 11 is 0. The van der Waals surface area contributed by atoms with Gasteiger partial charge in [-0.25, -0.2) is 0 Å². The number of rotatable bonds is 1. The molecular formula is C10H11NO2. The molecule has 13 heavy (non-hydrogen) atoms. The number of hydrogen-bond acceptors (Lipinski definition) is 2. The highest BCUT2D eigenvalue weighted by Crippen LogP contribution is 2.23. The fourth-order valence-corrected chi connectivity index (χ4v) is 1.87. The summed E-state index contributed by atoms with van der Waals surface area (Å²) in [5, 5.41) is 0. The third-order valence-corrected chi connectivity index (χ3v) is 2.63. The summed E-state index contributed by atoms with van der Waals surface area (Å²) in [5.41, 5.74) is 2.36. The molecule has 1 aliphatic carbocycles. The second kappa shape index (κ2) is 2.83. The average molecular weight is 177 g/mol. The van der Waals surface area contributed by atoms with Crippen LogP contribution in [0.3, 0.4) is 0 Å². The van der Waals surface area contributed by atoms with Crippen LogP contribution in [-0.4, -0.2) is 16.6 Å². The molecule has 68 valence electrons. The van der Waals surface area contributed by atoms with E-state index >= 15 is 0 Å². The summed E-state index contributed by atoms with van der Waals surface area (Å²) in [6, 6.07) is 1.70. The zero-order chi connectivity index (χ0) is 9.42. The maximum Gasteiger partial charge on any atom is 0.166 e. The Bertz CT molecular complexity index is 377. The number of carbonyl (C=O) groups is 2. The lowest BCUT2D eigenvalue weighted by molar-refractivity contribution is 0.0971. The maximum atomic E-state index is 11.4. The summed E-state index contributed by atoms with van der Waals surface area (Å²) in [4.78, 5) is 22.1. The van der Waals surface area contributed by atoms with E-state index in [1.165, 1.54) is 0 Å². The van der Waals surface area contributed by atoms with Gasteiger partial charge in [0.25, 0.3) is 0 Å². The molecule has 0 atom stereocenters. The number of carbonyl (C=O) groups excluding carboxylic acids is 2. The lowest BCUT2D eigenvalue weighted by Crippen LogP contribution is -2.11. The highest BCUT2D eigenvalue weighted by Gasteiger charge is 2.21. The van der Waals surface area contributed by atoms with Crippen LogP contribution in [0, 0.1) is 0 Å². The maximum absolute atomic E-state index is 11.4. The number of hydrogen-bond donors (Lipinski definition) is 0. The Balaban J connectivity index is 2.60. The molecule has 0 unspecified atom stereocenters. The van der Waals surface area contributed by atoms with E-state index in [0.717, 1.165) is 30.4 Å². The van der Waals surface area contributed by atoms with E-state index in [2.05, 4.69) is 0 Å². The van der Waals surface area contributed by atoms with Crippen LogP contribution in [0.25, 0.3) is 0 Å². The minimum absolute atomic E-state index is 0.171. The lowest BCUT2D eigenvalue weighted by atomic mass is 9.97. The van der Waals surface area contributed by atoms with Gasteiger partial charge in [-0.05, 0) is 18.9 Å². The summed E-state index contributed by atoms with van der Waals surface area (Å²) in [7, 11) is 1.83. The Kier molecular flexibility index (Phi) is 1.79. The first-order valence-electron chi connectivity index (χ1n) is 4.41. The molecule has 0 spiro atoms. The van der Waals surface area contributed by atoms with Crippen LogP contribution in [-0.2, 0) is 13.5 Å². The van der Waals surface area contributed by atoms with E-state index in [0.29, 0.717) is 12.1 Å². The summed E-state index contributed by atoms with van der Waals surface area (Å²) in [6.07, 6.45) is 3.23. The first kappa shape index (κ1) is 8.23. The molecule has 1 aromatic rings. The summed E-state index contributed by atoms with van der Waals surface area (Å²) < 4.78 is 1.82. The molecule has 0 aliphatic heterocycles. The molecule has 1 aromatic heterocycles. The van der Waals surface area contributed by atoms with Crippen LogP contribution in [0.2, 0.25) is 0 Å². The zero-order valence-corrected chi connectivity index (χ0v) is 7.54. The van der Waals surface area contributed by atoms with Gasteiger partial charge in [0.05, 0.1) is 5.69 Å². The minimum Gasteiger partial charge on any atom is -0.345 e. The van der Waals surface area contributed by atoms with E-state index in [9.17, 15) is 9.59 Å². The second-order valence-corrected chi connectivity index (χ2v) is 3.38. The van der Waals surface area contributed by atoms with E-state index < -0.39 is 0 Å². The zero-order valence-electron chi connectivity index (χ0n) is 7.54. The minimum atomic E-state index is 0.171. The van der Waals surface area contributed by atoms with Gasteiger partial charge in [-0.2, -0.15) is 0 Å². The number of ketones is 1. The number of fused-ring (bicyclic) bond motifs is 1. The van der Waals surface area contributed by atoms with Gasteiger partial charge in [-0.3, -0.25) is 9.59 Å². The SMILES string of the molecule is Cn1c(C=O)cc2c1CCCC2=O. The Labute approximate surface area is 76.4 Å². The van der Waals surface area contributed by atoms with Gasteiger partial charge in [0, 0.05) is 24.7 Å². The lowest BCUT2D eigenvalue weighted by Gasteiger charge is -2.11. The summed E-state index contributed by atoms with van der Waals surface area (Å²) in [5.74, 6) is 0.171. The molecule has 1 heterocycles. The molecule has 0 N–H and O–H groups in total. The normalized spacial score (nSPS) is 15.6. The molecule has 2 rings (SSSR count). The highest BCUT2D eigenvalue weighted by molar-refractivity contribution is 5.99. The van der Waals surface area contributed by atoms with Crippen molar-refractivity contribution < 1.29 is 9.59 Å². The Morgan fingerprint density at radius 3 is 2.85 bits per heavy atom. The molecule has 0 amide bonds. The van der Waals surface area contributed by atoms with Crippen molar-refractivity contribution in [3.63, 3.8) is 0 Å². The van der Waals surface area contributed by atoms with E-state index in [-0.39, 0.29) is 5.78 Å². The van der Waals surface area contributed by atoms with Crippen molar-refractivity contribution in [1.29, 1.82) is 0 Å². The third-order valence-electron chi connectivity index (χ3n) is 2.63. The van der Waals surface area contributed by atoms with Crippen molar-refractivity contribution in [3.05, 3.63) is 23.0 Å². The van der Waals surface area contributed by atoms with Gasteiger partial charge in [0.2, 0.25) is 0 Å². The van der Waals surface area contributed by atoms with Crippen LogP contribution >= 0.6 is 0 Å². The van der Waals surface area contributed by atoms with Crippen molar-refractivity contribution >= 4 is 12.1 Å². The molecular weight excluding hydrogens is 166 g/mol. The van der Waals surface area contributed by atoms with Crippen LogP contribution in [0.1, 0.15) is 39.4 Å². The third kappa shape index (κ3) is 1.11. The Morgan fingerprint density at radius 2 is 2.23 bits per heavy atom. The molecule has 3 nitrogen and oxygen atoms in total. The van der Waals surface area contributed by atoms with Crippen molar-refractivity contribution in [2.24, 2.45) is 7.05 Å². The predicted molar refractivity (Wildman–Crippen MR) is 48.1 cm³/mol. The van der Waals surface area contributed by atoms with Gasteiger partial charge in [0.15, 0.2) is 12.1 Å². The molecule has 0 fully saturated rings. The molecule has 3 heteroatoms. The number of nitrogens with zero attached hydrogens (tertiary/aromatic N) is 1. The van der Waals surface area contributed by atoms with Crippen molar-refractivity contribution in [1.82, 2.24) is 4.57 Å². The fourth-order valence-electron chi connectivity index (χ4n) is 1.87.